The van der Waals surface area contributed by atoms with E-state index in [-0.39, 0.29) is 5.97 Å². The minimum absolute atomic E-state index is 0.314. The van der Waals surface area contributed by atoms with Crippen LogP contribution in [0.1, 0.15) is 9.67 Å². The molecule has 12 heavy (non-hydrogen) atoms. The lowest BCUT2D eigenvalue weighted by Crippen LogP contribution is -1.96. The van der Waals surface area contributed by atoms with Crippen molar-refractivity contribution < 1.29 is 13.9 Å². The molecule has 0 aliphatic carbocycles. The van der Waals surface area contributed by atoms with E-state index in [9.17, 15) is 4.79 Å². The van der Waals surface area contributed by atoms with E-state index < -0.39 is 0 Å². The Kier molecular flexibility index (Phi) is 1.62. The molecule has 2 aromatic heterocycles. The zero-order valence-electron chi connectivity index (χ0n) is 6.37. The van der Waals surface area contributed by atoms with Crippen LogP contribution in [-0.2, 0) is 4.74 Å². The highest BCUT2D eigenvalue weighted by molar-refractivity contribution is 7.20. The third-order valence-electron chi connectivity index (χ3n) is 1.53. The van der Waals surface area contributed by atoms with Crippen LogP contribution in [0.15, 0.2) is 22.8 Å². The van der Waals surface area contributed by atoms with Crippen LogP contribution in [0.4, 0.5) is 0 Å². The van der Waals surface area contributed by atoms with Gasteiger partial charge in [-0.3, -0.25) is 0 Å². The molecule has 0 atom stereocenters. The number of carbonyl (C=O) groups excluding carboxylic acids is 1. The maximum atomic E-state index is 11.0. The summed E-state index contributed by atoms with van der Waals surface area (Å²) in [5.74, 6) is -0.314. The fraction of sp³-hybridized carbons (Fsp3) is 0.125. The Balaban J connectivity index is 2.51. The molecule has 0 unspecified atom stereocenters. The quantitative estimate of drug-likeness (QED) is 0.635. The van der Waals surface area contributed by atoms with E-state index in [1.165, 1.54) is 18.4 Å². The maximum Gasteiger partial charge on any atom is 0.348 e. The summed E-state index contributed by atoms with van der Waals surface area (Å²) in [6.45, 7) is 0. The average Bonchev–Trinajstić information content (AvgIpc) is 2.60. The van der Waals surface area contributed by atoms with Crippen molar-refractivity contribution in [2.45, 2.75) is 0 Å². The number of carbonyl (C=O) groups is 1. The number of hydrogen-bond donors (Lipinski definition) is 0. The molecule has 0 aliphatic rings. The van der Waals surface area contributed by atoms with Crippen molar-refractivity contribution in [3.63, 3.8) is 0 Å². The molecule has 62 valence electrons. The summed E-state index contributed by atoms with van der Waals surface area (Å²) in [6.07, 6.45) is 1.60. The SMILES string of the molecule is COC(=O)c1cc2occc2s1. The summed E-state index contributed by atoms with van der Waals surface area (Å²) in [5.41, 5.74) is 0.736. The first-order valence-electron chi connectivity index (χ1n) is 3.36. The highest BCUT2D eigenvalue weighted by atomic mass is 32.1. The highest BCUT2D eigenvalue weighted by Gasteiger charge is 2.11. The number of ether oxygens (including phenoxy) is 1. The molecule has 4 heteroatoms. The molecular weight excluding hydrogens is 176 g/mol. The van der Waals surface area contributed by atoms with Gasteiger partial charge < -0.3 is 9.15 Å². The van der Waals surface area contributed by atoms with Crippen molar-refractivity contribution in [2.75, 3.05) is 7.11 Å². The van der Waals surface area contributed by atoms with Gasteiger partial charge in [0.05, 0.1) is 18.1 Å². The number of hydrogen-bond acceptors (Lipinski definition) is 4. The van der Waals surface area contributed by atoms with Crippen molar-refractivity contribution in [3.05, 3.63) is 23.3 Å². The zero-order valence-corrected chi connectivity index (χ0v) is 7.18. The number of fused-ring (bicyclic) bond motifs is 1. The lowest BCUT2D eigenvalue weighted by atomic mass is 10.4. The van der Waals surface area contributed by atoms with Gasteiger partial charge in [-0.1, -0.05) is 0 Å². The first-order chi connectivity index (χ1) is 5.81. The van der Waals surface area contributed by atoms with Crippen LogP contribution in [0.5, 0.6) is 0 Å². The van der Waals surface area contributed by atoms with Crippen LogP contribution in [0.3, 0.4) is 0 Å². The Morgan fingerprint density at radius 1 is 1.67 bits per heavy atom. The van der Waals surface area contributed by atoms with E-state index in [0.29, 0.717) is 4.88 Å². The van der Waals surface area contributed by atoms with Gasteiger partial charge in [-0.2, -0.15) is 0 Å². The van der Waals surface area contributed by atoms with Gasteiger partial charge in [0.25, 0.3) is 0 Å². The Bertz CT molecular complexity index is 384. The van der Waals surface area contributed by atoms with Crippen molar-refractivity contribution in [1.29, 1.82) is 0 Å². The van der Waals surface area contributed by atoms with Crippen molar-refractivity contribution in [3.8, 4) is 0 Å². The third-order valence-corrected chi connectivity index (χ3v) is 2.59. The summed E-state index contributed by atoms with van der Waals surface area (Å²) in [5, 5.41) is 0. The minimum Gasteiger partial charge on any atom is -0.465 e. The Morgan fingerprint density at radius 2 is 2.50 bits per heavy atom. The molecular formula is C8H6O3S. The highest BCUT2D eigenvalue weighted by Crippen LogP contribution is 2.26. The molecule has 2 aromatic rings. The third kappa shape index (κ3) is 1.00. The van der Waals surface area contributed by atoms with Crippen molar-refractivity contribution in [1.82, 2.24) is 0 Å². The number of furan rings is 1. The number of esters is 1. The van der Waals surface area contributed by atoms with Gasteiger partial charge in [0, 0.05) is 6.07 Å². The first kappa shape index (κ1) is 7.36. The first-order valence-corrected chi connectivity index (χ1v) is 4.18. The molecule has 0 saturated carbocycles. The Morgan fingerprint density at radius 3 is 3.17 bits per heavy atom. The van der Waals surface area contributed by atoms with E-state index in [1.54, 1.807) is 12.3 Å². The normalized spacial score (nSPS) is 10.4. The standard InChI is InChI=1S/C8H6O3S/c1-10-8(9)7-4-5-6(12-7)2-3-11-5/h2-4H,1H3. The molecule has 0 radical (unpaired) electrons. The largest absolute Gasteiger partial charge is 0.465 e. The van der Waals surface area contributed by atoms with E-state index in [2.05, 4.69) is 4.74 Å². The predicted molar refractivity (Wildman–Crippen MR) is 45.4 cm³/mol. The van der Waals surface area contributed by atoms with Gasteiger partial charge in [-0.15, -0.1) is 11.3 Å². The molecule has 0 spiro atoms. The second-order valence-electron chi connectivity index (χ2n) is 2.25. The maximum absolute atomic E-state index is 11.0. The molecule has 2 heterocycles. The molecule has 3 nitrogen and oxygen atoms in total. The monoisotopic (exact) mass is 182 g/mol. The fourth-order valence-electron chi connectivity index (χ4n) is 0.967. The number of methoxy groups -OCH3 is 1. The second-order valence-corrected chi connectivity index (χ2v) is 3.34. The molecule has 2 rings (SSSR count). The number of rotatable bonds is 1. The Labute approximate surface area is 72.6 Å². The van der Waals surface area contributed by atoms with E-state index in [1.807, 2.05) is 6.07 Å². The molecule has 0 fully saturated rings. The van der Waals surface area contributed by atoms with Crippen LogP contribution < -0.4 is 0 Å². The topological polar surface area (TPSA) is 39.4 Å². The lowest BCUT2D eigenvalue weighted by molar-refractivity contribution is 0.0606. The molecule has 0 aromatic carbocycles. The second kappa shape index (κ2) is 2.64. The van der Waals surface area contributed by atoms with E-state index in [4.69, 9.17) is 4.42 Å². The van der Waals surface area contributed by atoms with Crippen LogP contribution in [-0.4, -0.2) is 13.1 Å². The van der Waals surface area contributed by atoms with Gasteiger partial charge in [0.15, 0.2) is 0 Å². The molecule has 0 bridgehead atoms. The summed E-state index contributed by atoms with van der Waals surface area (Å²) in [6, 6.07) is 3.51. The summed E-state index contributed by atoms with van der Waals surface area (Å²) >= 11 is 1.37. The zero-order chi connectivity index (χ0) is 8.55. The lowest BCUT2D eigenvalue weighted by Gasteiger charge is -1.90. The summed E-state index contributed by atoms with van der Waals surface area (Å²) < 4.78 is 10.6. The van der Waals surface area contributed by atoms with Crippen LogP contribution in [0.2, 0.25) is 0 Å². The van der Waals surface area contributed by atoms with Crippen LogP contribution >= 0.6 is 11.3 Å². The number of thiophene rings is 1. The molecule has 0 aliphatic heterocycles. The fourth-order valence-corrected chi connectivity index (χ4v) is 1.87. The summed E-state index contributed by atoms with van der Waals surface area (Å²) in [7, 11) is 1.36. The van der Waals surface area contributed by atoms with Crippen molar-refractivity contribution in [2.24, 2.45) is 0 Å². The molecule has 0 N–H and O–H groups in total. The van der Waals surface area contributed by atoms with Gasteiger partial charge in [0.2, 0.25) is 0 Å². The van der Waals surface area contributed by atoms with Gasteiger partial charge in [-0.05, 0) is 6.07 Å². The average molecular weight is 182 g/mol. The summed E-state index contributed by atoms with van der Waals surface area (Å²) in [4.78, 5) is 11.6. The van der Waals surface area contributed by atoms with E-state index in [0.717, 1.165) is 10.3 Å². The van der Waals surface area contributed by atoms with Crippen LogP contribution in [0.25, 0.3) is 10.3 Å². The smallest absolute Gasteiger partial charge is 0.348 e. The van der Waals surface area contributed by atoms with Gasteiger partial charge in [0.1, 0.15) is 10.5 Å². The van der Waals surface area contributed by atoms with E-state index >= 15 is 0 Å². The van der Waals surface area contributed by atoms with Crippen LogP contribution in [0, 0.1) is 0 Å². The Hall–Kier alpha value is -1.29. The molecule has 0 saturated heterocycles. The van der Waals surface area contributed by atoms with Gasteiger partial charge in [-0.25, -0.2) is 4.79 Å². The van der Waals surface area contributed by atoms with Gasteiger partial charge >= 0.3 is 5.97 Å². The predicted octanol–water partition coefficient (Wildman–Crippen LogP) is 2.28. The van der Waals surface area contributed by atoms with Crippen molar-refractivity contribution >= 4 is 27.6 Å². The molecule has 0 amide bonds. The minimum atomic E-state index is -0.314.